The van der Waals surface area contributed by atoms with Crippen molar-refractivity contribution < 1.29 is 46.9 Å². The summed E-state index contributed by atoms with van der Waals surface area (Å²) in [5, 5.41) is 18.5. The molecule has 2 aliphatic heterocycles. The Kier molecular flexibility index (Phi) is 25.8. The molecule has 10 aromatic rings. The number of hydrogen-bond donors (Lipinski definition) is 3. The van der Waals surface area contributed by atoms with E-state index in [-0.39, 0.29) is 41.0 Å². The van der Waals surface area contributed by atoms with Gasteiger partial charge < -0.3 is 48.1 Å². The van der Waals surface area contributed by atoms with Crippen LogP contribution in [0.15, 0.2) is 218 Å². The van der Waals surface area contributed by atoms with E-state index in [1.165, 1.54) is 29.2 Å². The predicted molar refractivity (Wildman–Crippen MR) is 408 cm³/mol. The topological polar surface area (TPSA) is 205 Å². The number of ether oxygens (including phenoxy) is 3. The Labute approximate surface area is 611 Å². The number of aliphatic imine (C=N–C) groups is 1. The van der Waals surface area contributed by atoms with Crippen molar-refractivity contribution >= 4 is 72.2 Å². The van der Waals surface area contributed by atoms with Gasteiger partial charge in [0.05, 0.1) is 99.8 Å². The van der Waals surface area contributed by atoms with Crippen LogP contribution in [-0.2, 0) is 14.0 Å². The molecule has 0 aliphatic carbocycles. The second-order valence-corrected chi connectivity index (χ2v) is 29.5. The highest BCUT2D eigenvalue weighted by Crippen LogP contribution is 2.39. The Morgan fingerprint density at radius 2 is 1.03 bits per heavy atom. The van der Waals surface area contributed by atoms with Crippen LogP contribution in [0.5, 0.6) is 17.2 Å². The number of carbonyl (C=O) groups is 3. The number of amides is 2. The van der Waals surface area contributed by atoms with Gasteiger partial charge >= 0.3 is 0 Å². The molecule has 2 aliphatic rings. The van der Waals surface area contributed by atoms with Gasteiger partial charge in [-0.05, 0) is 175 Å². The number of aliphatic hydroxyl groups excluding tert-OH is 1. The van der Waals surface area contributed by atoms with E-state index in [9.17, 15) is 28.3 Å². The van der Waals surface area contributed by atoms with Crippen molar-refractivity contribution in [3.63, 3.8) is 0 Å². The van der Waals surface area contributed by atoms with Gasteiger partial charge in [0.2, 0.25) is 5.96 Å². The summed E-state index contributed by atoms with van der Waals surface area (Å²) < 4.78 is 57.0. The molecule has 0 bridgehead atoms. The molecule has 2 amide bonds. The summed E-state index contributed by atoms with van der Waals surface area (Å²) in [6.07, 6.45) is 19.8. The maximum absolute atomic E-state index is 14.3. The van der Waals surface area contributed by atoms with Crippen molar-refractivity contribution in [3.05, 3.63) is 269 Å². The van der Waals surface area contributed by atoms with Crippen LogP contribution in [0, 0.1) is 56.6 Å². The van der Waals surface area contributed by atoms with Crippen molar-refractivity contribution in [2.75, 3.05) is 41.1 Å². The summed E-state index contributed by atoms with van der Waals surface area (Å²) in [7, 11) is 1.79. The van der Waals surface area contributed by atoms with Gasteiger partial charge in [-0.3, -0.25) is 29.2 Å². The zero-order valence-corrected chi connectivity index (χ0v) is 61.4. The van der Waals surface area contributed by atoms with E-state index in [1.807, 2.05) is 139 Å². The second kappa shape index (κ2) is 35.2. The first kappa shape index (κ1) is 76.3. The van der Waals surface area contributed by atoms with Crippen LogP contribution in [-0.4, -0.2) is 122 Å². The van der Waals surface area contributed by atoms with E-state index in [0.29, 0.717) is 57.8 Å². The Bertz CT molecular complexity index is 4840. The molecule has 3 N–H and O–H groups in total. The molecule has 0 saturated carbocycles. The number of hydrogen-bond acceptors (Lipinski definition) is 13. The molecule has 532 valence electrons. The van der Waals surface area contributed by atoms with Crippen LogP contribution in [0.2, 0.25) is 5.04 Å². The minimum Gasteiger partial charge on any atom is -0.495 e. The number of nitrogens with zero attached hydrogens (tertiary/aromatic N) is 9. The predicted octanol–water partition coefficient (Wildman–Crippen LogP) is 12.6. The zero-order chi connectivity index (χ0) is 74.7. The van der Waals surface area contributed by atoms with Crippen LogP contribution in [0.1, 0.15) is 96.4 Å². The number of thiocarbonyl (C=S) groups is 1. The Balaban J connectivity index is 0.000000195. The Morgan fingerprint density at radius 1 is 0.615 bits per heavy atom. The average Bonchev–Trinajstić information content (AvgIpc) is 1.11. The van der Waals surface area contributed by atoms with Crippen LogP contribution in [0.3, 0.4) is 0 Å². The number of terminal acetylenes is 1. The van der Waals surface area contributed by atoms with Gasteiger partial charge in [-0.2, -0.15) is 0 Å². The van der Waals surface area contributed by atoms with Gasteiger partial charge in [-0.25, -0.2) is 23.7 Å². The number of imidazole rings is 3. The summed E-state index contributed by atoms with van der Waals surface area (Å²) in [6.45, 7) is 16.1. The SMILES string of the molecule is C#CC#CC.CCN=C1N/C(=C\c2ccc(-n3cnc(C)c3)c(OC)c2)C(=O)N1[C@H](CO)c1ccc(F)cc1.COc1cc(/C=C2\NC(=S)N([C@H](CO[Si](c3ccccc3)(c3ccccc3)C(C)(C)C)c3ccc(F)cc3)C2=O)ccc1-n1cnc(C)c1.COc1cc(C=O)ccc1-n1cnc(C)c1. The van der Waals surface area contributed by atoms with E-state index >= 15 is 0 Å². The van der Waals surface area contributed by atoms with Gasteiger partial charge in [0, 0.05) is 30.7 Å². The number of aromatic nitrogens is 6. The number of aliphatic hydroxyl groups is 1. The number of carbonyl (C=O) groups excluding carboxylic acids is 3. The largest absolute Gasteiger partial charge is 0.495 e. The molecule has 23 heteroatoms. The molecule has 2 fully saturated rings. The first-order chi connectivity index (χ1) is 50.1. The summed E-state index contributed by atoms with van der Waals surface area (Å²) in [4.78, 5) is 58.3. The third-order valence-electron chi connectivity index (χ3n) is 16.9. The summed E-state index contributed by atoms with van der Waals surface area (Å²) >= 11 is 5.82. The molecule has 19 nitrogen and oxygen atoms in total. The minimum atomic E-state index is -2.98. The van der Waals surface area contributed by atoms with Crippen LogP contribution < -0.4 is 35.2 Å². The Morgan fingerprint density at radius 3 is 1.39 bits per heavy atom. The highest BCUT2D eigenvalue weighted by Gasteiger charge is 2.51. The van der Waals surface area contributed by atoms with Crippen molar-refractivity contribution in [2.24, 2.45) is 4.99 Å². The number of nitrogens with one attached hydrogen (secondary N) is 2. The van der Waals surface area contributed by atoms with Gasteiger partial charge in [0.25, 0.3) is 20.1 Å². The lowest BCUT2D eigenvalue weighted by Crippen LogP contribution is -2.67. The third-order valence-corrected chi connectivity index (χ3v) is 22.2. The number of halogens is 2. The van der Waals surface area contributed by atoms with E-state index in [1.54, 1.807) is 101 Å². The second-order valence-electron chi connectivity index (χ2n) is 24.8. The monoisotopic (exact) mass is 1430 g/mol. The lowest BCUT2D eigenvalue weighted by molar-refractivity contribution is -0.125. The van der Waals surface area contributed by atoms with Gasteiger partial charge in [0.15, 0.2) is 5.11 Å². The fourth-order valence-electron chi connectivity index (χ4n) is 12.0. The lowest BCUT2D eigenvalue weighted by atomic mass is 10.1. The number of benzene rings is 7. The standard InChI is InChI=1S/C39H39FN4O3SSi.C25H26FN5O3.C12H12N2O2.C5H4/c1-27-24-43(26-41-27)34-21-16-28(23-36(34)46-5)22-33-37(45)44(38(48)42-33)35(29-17-19-30(40)20-18-29)25-47-49(39(2,3)4,31-12-8-6-9-13-31)32-14-10-7-11-15-32;1-4-27-25-29-20(24(33)31(25)22(14-32)18-6-8-19(26)9-7-18)11-17-5-10-21(23(12-17)34-3)30-13-16(2)28-15-30;1-9-6-14(8-13-9)11-4-3-10(7-15)5-12(11)16-2;1-3-5-4-2/h6-24,26,35H,25H2,1-5H3,(H,42,48);5-13,15,22,32H,4,14H2,1-3H3,(H,27,29);3-8H,1-2H3;1H,2H3/b33-22-;20-11-;;/t35-;22-;;/m11../s1. The number of rotatable bonds is 20. The van der Waals surface area contributed by atoms with E-state index in [0.717, 1.165) is 61.9 Å². The highest BCUT2D eigenvalue weighted by atomic mass is 32.1. The molecular weight excluding hydrogens is 1350 g/mol. The maximum Gasteiger partial charge on any atom is 0.277 e. The van der Waals surface area contributed by atoms with E-state index < -0.39 is 26.2 Å². The molecule has 0 unspecified atom stereocenters. The van der Waals surface area contributed by atoms with Crippen LogP contribution in [0.4, 0.5) is 8.78 Å². The smallest absolute Gasteiger partial charge is 0.277 e. The van der Waals surface area contributed by atoms with Gasteiger partial charge in [-0.15, -0.1) is 6.42 Å². The summed E-state index contributed by atoms with van der Waals surface area (Å²) in [5.41, 5.74) is 9.24. The normalized spacial score (nSPS) is 14.3. The third kappa shape index (κ3) is 17.9. The van der Waals surface area contributed by atoms with E-state index in [4.69, 9.17) is 37.3 Å². The quantitative estimate of drug-likeness (QED) is 0.0214. The fourth-order valence-corrected chi connectivity index (χ4v) is 16.9. The zero-order valence-electron chi connectivity index (χ0n) is 59.6. The number of guanidine groups is 1. The number of aryl methyl sites for hydroxylation is 3. The molecule has 2 saturated heterocycles. The van der Waals surface area contributed by atoms with Crippen molar-refractivity contribution in [2.45, 2.75) is 72.5 Å². The molecule has 7 aromatic carbocycles. The minimum absolute atomic E-state index is 0.132. The molecule has 3 aromatic heterocycles. The highest BCUT2D eigenvalue weighted by molar-refractivity contribution is 7.80. The van der Waals surface area contributed by atoms with Crippen LogP contribution >= 0.6 is 12.2 Å². The van der Waals surface area contributed by atoms with Crippen molar-refractivity contribution in [1.29, 1.82) is 0 Å². The number of methoxy groups -OCH3 is 3. The molecule has 0 radical (unpaired) electrons. The Hall–Kier alpha value is -11.9. The van der Waals surface area contributed by atoms with Gasteiger partial charge in [0.1, 0.15) is 46.6 Å². The van der Waals surface area contributed by atoms with Crippen molar-refractivity contribution in [3.8, 4) is 58.5 Å². The fraction of sp³-hybridized carbons (Fsp3) is 0.210. The molecule has 12 rings (SSSR count). The molecular formula is C81H81F2N11O8SSi. The maximum atomic E-state index is 14.3. The van der Waals surface area contributed by atoms with E-state index in [2.05, 4.69) is 93.4 Å². The summed E-state index contributed by atoms with van der Waals surface area (Å²) in [5.74, 6) is 7.90. The molecule has 5 heterocycles. The van der Waals surface area contributed by atoms with Crippen LogP contribution in [0.25, 0.3) is 29.2 Å². The average molecular weight is 1430 g/mol. The molecule has 2 atom stereocenters. The lowest BCUT2D eigenvalue weighted by Gasteiger charge is -2.44. The first-order valence-electron chi connectivity index (χ1n) is 33.1. The van der Waals surface area contributed by atoms with Gasteiger partial charge in [-0.1, -0.05) is 124 Å². The molecule has 0 spiro atoms. The first-order valence-corrected chi connectivity index (χ1v) is 35.4. The number of aldehydes is 1. The molecule has 104 heavy (non-hydrogen) atoms. The summed E-state index contributed by atoms with van der Waals surface area (Å²) in [6, 6.07) is 47.7. The van der Waals surface area contributed by atoms with Crippen molar-refractivity contribution in [1.82, 2.24) is 49.1 Å².